The Morgan fingerprint density at radius 3 is 2.33 bits per heavy atom. The summed E-state index contributed by atoms with van der Waals surface area (Å²) in [5.41, 5.74) is 6.91. The van der Waals surface area contributed by atoms with Gasteiger partial charge in [-0.3, -0.25) is 9.59 Å². The molecular formula is C15H15N3O2S. The van der Waals surface area contributed by atoms with Gasteiger partial charge in [0.15, 0.2) is 5.43 Å². The monoisotopic (exact) mass is 301 g/mol. The third-order valence-electron chi connectivity index (χ3n) is 2.91. The van der Waals surface area contributed by atoms with Crippen LogP contribution in [0.5, 0.6) is 0 Å². The molecule has 0 saturated carbocycles. The molecule has 1 amide bonds. The zero-order valence-electron chi connectivity index (χ0n) is 11.3. The van der Waals surface area contributed by atoms with E-state index in [2.05, 4.69) is 5.32 Å². The Balaban J connectivity index is 1.88. The first-order valence-corrected chi connectivity index (χ1v) is 6.81. The molecule has 0 aliphatic heterocycles. The lowest BCUT2D eigenvalue weighted by molar-refractivity contribution is -0.116. The first kappa shape index (κ1) is 14.9. The predicted molar refractivity (Wildman–Crippen MR) is 86.3 cm³/mol. The van der Waals surface area contributed by atoms with Crippen LogP contribution < -0.4 is 16.5 Å². The van der Waals surface area contributed by atoms with Crippen LogP contribution in [0, 0.1) is 0 Å². The van der Waals surface area contributed by atoms with Gasteiger partial charge in [0.05, 0.1) is 0 Å². The number of thiocarbonyl (C=S) groups is 1. The fraction of sp³-hybridized carbons (Fsp3) is 0.133. The second-order valence-corrected chi connectivity index (χ2v) is 4.95. The van der Waals surface area contributed by atoms with Gasteiger partial charge in [0.2, 0.25) is 5.91 Å². The van der Waals surface area contributed by atoms with Crippen molar-refractivity contribution in [1.82, 2.24) is 4.57 Å². The number of pyridine rings is 1. The van der Waals surface area contributed by atoms with E-state index in [1.807, 2.05) is 0 Å². The summed E-state index contributed by atoms with van der Waals surface area (Å²) < 4.78 is 1.79. The number of amides is 1. The van der Waals surface area contributed by atoms with E-state index in [0.717, 1.165) is 5.56 Å². The van der Waals surface area contributed by atoms with Crippen molar-refractivity contribution in [2.75, 3.05) is 5.32 Å². The van der Waals surface area contributed by atoms with Crippen LogP contribution in [0.3, 0.4) is 0 Å². The van der Waals surface area contributed by atoms with Gasteiger partial charge >= 0.3 is 0 Å². The van der Waals surface area contributed by atoms with E-state index in [1.54, 1.807) is 41.2 Å². The summed E-state index contributed by atoms with van der Waals surface area (Å²) in [7, 11) is 0. The molecule has 0 aliphatic rings. The predicted octanol–water partition coefficient (Wildman–Crippen LogP) is 1.51. The van der Waals surface area contributed by atoms with E-state index >= 15 is 0 Å². The molecule has 0 saturated heterocycles. The molecule has 0 bridgehead atoms. The van der Waals surface area contributed by atoms with Crippen LogP contribution in [0.25, 0.3) is 0 Å². The Bertz CT molecular complexity index is 687. The van der Waals surface area contributed by atoms with E-state index in [4.69, 9.17) is 18.0 Å². The Labute approximate surface area is 127 Å². The van der Waals surface area contributed by atoms with Gasteiger partial charge in [0.1, 0.15) is 4.99 Å². The van der Waals surface area contributed by atoms with Crippen molar-refractivity contribution in [2.45, 2.75) is 13.0 Å². The number of nitrogens with one attached hydrogen (secondary N) is 1. The van der Waals surface area contributed by atoms with Crippen molar-refractivity contribution in [2.24, 2.45) is 5.73 Å². The number of nitrogens with zero attached hydrogens (tertiary/aromatic N) is 1. The van der Waals surface area contributed by atoms with Crippen molar-refractivity contribution in [3.63, 3.8) is 0 Å². The van der Waals surface area contributed by atoms with Crippen LogP contribution in [-0.2, 0) is 11.3 Å². The average molecular weight is 301 g/mol. The Morgan fingerprint density at radius 2 is 1.76 bits per heavy atom. The number of hydrogen-bond donors (Lipinski definition) is 2. The second kappa shape index (κ2) is 6.81. The van der Waals surface area contributed by atoms with Gasteiger partial charge in [-0.05, 0) is 24.3 Å². The Kier molecular flexibility index (Phi) is 4.84. The maximum atomic E-state index is 11.8. The minimum absolute atomic E-state index is 0.0476. The minimum Gasteiger partial charge on any atom is -0.389 e. The van der Waals surface area contributed by atoms with Crippen LogP contribution in [0.4, 0.5) is 5.69 Å². The molecule has 1 heterocycles. The van der Waals surface area contributed by atoms with Crippen molar-refractivity contribution in [3.8, 4) is 0 Å². The largest absolute Gasteiger partial charge is 0.389 e. The number of carbonyl (C=O) groups excluding carboxylic acids is 1. The number of benzene rings is 1. The number of nitrogens with two attached hydrogens (primary N) is 1. The van der Waals surface area contributed by atoms with Gasteiger partial charge in [0, 0.05) is 48.7 Å². The van der Waals surface area contributed by atoms with Gasteiger partial charge in [0.25, 0.3) is 0 Å². The summed E-state index contributed by atoms with van der Waals surface area (Å²) in [6, 6.07) is 9.97. The van der Waals surface area contributed by atoms with Gasteiger partial charge in [-0.2, -0.15) is 0 Å². The SMILES string of the molecule is NC(=S)c1ccc(NC(=O)CCn2ccc(=O)cc2)cc1. The summed E-state index contributed by atoms with van der Waals surface area (Å²) >= 11 is 4.86. The van der Waals surface area contributed by atoms with Crippen molar-refractivity contribution in [3.05, 3.63) is 64.6 Å². The molecule has 3 N–H and O–H groups in total. The van der Waals surface area contributed by atoms with E-state index in [0.29, 0.717) is 23.6 Å². The van der Waals surface area contributed by atoms with Gasteiger partial charge in [-0.15, -0.1) is 0 Å². The Morgan fingerprint density at radius 1 is 1.14 bits per heavy atom. The highest BCUT2D eigenvalue weighted by Crippen LogP contribution is 2.10. The number of anilines is 1. The molecule has 2 rings (SSSR count). The highest BCUT2D eigenvalue weighted by molar-refractivity contribution is 7.80. The number of aryl methyl sites for hydroxylation is 1. The lowest BCUT2D eigenvalue weighted by atomic mass is 10.2. The van der Waals surface area contributed by atoms with Crippen LogP contribution in [0.15, 0.2) is 53.6 Å². The molecule has 2 aromatic rings. The molecule has 0 radical (unpaired) electrons. The molecule has 0 unspecified atom stereocenters. The standard InChI is InChI=1S/C15H15N3O2S/c16-15(21)11-1-3-12(4-2-11)17-14(20)7-10-18-8-5-13(19)6-9-18/h1-6,8-9H,7,10H2,(H2,16,21)(H,17,20). The van der Waals surface area contributed by atoms with E-state index in [-0.39, 0.29) is 11.3 Å². The average Bonchev–Trinajstić information content (AvgIpc) is 2.47. The molecule has 0 atom stereocenters. The highest BCUT2D eigenvalue weighted by Gasteiger charge is 2.03. The first-order valence-electron chi connectivity index (χ1n) is 6.40. The molecule has 108 valence electrons. The van der Waals surface area contributed by atoms with Gasteiger partial charge in [-0.1, -0.05) is 12.2 Å². The zero-order chi connectivity index (χ0) is 15.2. The third-order valence-corrected chi connectivity index (χ3v) is 3.15. The third kappa shape index (κ3) is 4.54. The first-order chi connectivity index (χ1) is 10.0. The molecule has 0 spiro atoms. The van der Waals surface area contributed by atoms with Gasteiger partial charge in [-0.25, -0.2) is 0 Å². The zero-order valence-corrected chi connectivity index (χ0v) is 12.1. The number of rotatable bonds is 5. The fourth-order valence-electron chi connectivity index (χ4n) is 1.76. The van der Waals surface area contributed by atoms with Crippen molar-refractivity contribution >= 4 is 28.8 Å². The molecule has 1 aromatic heterocycles. The normalized spacial score (nSPS) is 10.1. The number of carbonyl (C=O) groups is 1. The summed E-state index contributed by atoms with van der Waals surface area (Å²) in [6.07, 6.45) is 3.64. The summed E-state index contributed by atoms with van der Waals surface area (Å²) in [5, 5.41) is 2.79. The van der Waals surface area contributed by atoms with Gasteiger partial charge < -0.3 is 15.6 Å². The molecule has 0 aliphatic carbocycles. The maximum Gasteiger partial charge on any atom is 0.226 e. The lowest BCUT2D eigenvalue weighted by Crippen LogP contribution is -2.15. The van der Waals surface area contributed by atoms with Crippen LogP contribution in [0.1, 0.15) is 12.0 Å². The smallest absolute Gasteiger partial charge is 0.226 e. The fourth-order valence-corrected chi connectivity index (χ4v) is 1.90. The molecule has 0 fully saturated rings. The minimum atomic E-state index is -0.100. The summed E-state index contributed by atoms with van der Waals surface area (Å²) in [4.78, 5) is 23.1. The summed E-state index contributed by atoms with van der Waals surface area (Å²) in [5.74, 6) is -0.100. The highest BCUT2D eigenvalue weighted by atomic mass is 32.1. The lowest BCUT2D eigenvalue weighted by Gasteiger charge is -2.08. The topological polar surface area (TPSA) is 77.1 Å². The number of aromatic nitrogens is 1. The van der Waals surface area contributed by atoms with Crippen molar-refractivity contribution < 1.29 is 4.79 Å². The molecule has 1 aromatic carbocycles. The molecule has 6 heteroatoms. The van der Waals surface area contributed by atoms with Crippen LogP contribution in [0.2, 0.25) is 0 Å². The van der Waals surface area contributed by atoms with E-state index in [1.165, 1.54) is 12.1 Å². The van der Waals surface area contributed by atoms with Crippen LogP contribution >= 0.6 is 12.2 Å². The van der Waals surface area contributed by atoms with E-state index in [9.17, 15) is 9.59 Å². The second-order valence-electron chi connectivity index (χ2n) is 4.51. The van der Waals surface area contributed by atoms with Crippen LogP contribution in [-0.4, -0.2) is 15.5 Å². The quantitative estimate of drug-likeness (QED) is 0.821. The maximum absolute atomic E-state index is 11.8. The molecular weight excluding hydrogens is 286 g/mol. The van der Waals surface area contributed by atoms with Crippen molar-refractivity contribution in [1.29, 1.82) is 0 Å². The van der Waals surface area contributed by atoms with E-state index < -0.39 is 0 Å². The summed E-state index contributed by atoms with van der Waals surface area (Å²) in [6.45, 7) is 0.511. The Hall–Kier alpha value is -2.47. The molecule has 5 nitrogen and oxygen atoms in total. The molecule has 21 heavy (non-hydrogen) atoms. The number of hydrogen-bond acceptors (Lipinski definition) is 3.